The second-order valence-corrected chi connectivity index (χ2v) is 6.54. The zero-order valence-corrected chi connectivity index (χ0v) is 9.65. The molecule has 3 unspecified atom stereocenters. The van der Waals surface area contributed by atoms with Gasteiger partial charge in [-0.05, 0) is 36.8 Å². The molecule has 78 valence electrons. The van der Waals surface area contributed by atoms with Crippen molar-refractivity contribution in [2.75, 3.05) is 6.54 Å². The fourth-order valence-electron chi connectivity index (χ4n) is 2.08. The van der Waals surface area contributed by atoms with Gasteiger partial charge in [-0.25, -0.2) is 0 Å². The van der Waals surface area contributed by atoms with Gasteiger partial charge in [0.2, 0.25) is 0 Å². The lowest BCUT2D eigenvalue weighted by atomic mass is 10.1. The minimum Gasteiger partial charge on any atom is -0.330 e. The zero-order chi connectivity index (χ0) is 9.97. The van der Waals surface area contributed by atoms with Crippen LogP contribution in [0.2, 0.25) is 0 Å². The summed E-state index contributed by atoms with van der Waals surface area (Å²) in [5, 5.41) is 2.29. The van der Waals surface area contributed by atoms with E-state index >= 15 is 0 Å². The lowest BCUT2D eigenvalue weighted by Crippen LogP contribution is -2.26. The highest BCUT2D eigenvalue weighted by molar-refractivity contribution is 7.87. The molecule has 1 heterocycles. The summed E-state index contributed by atoms with van der Waals surface area (Å²) in [5.41, 5.74) is 5.68. The zero-order valence-electron chi connectivity index (χ0n) is 8.02. The van der Waals surface area contributed by atoms with E-state index in [1.807, 2.05) is 17.5 Å². The molecule has 0 aliphatic heterocycles. The summed E-state index contributed by atoms with van der Waals surface area (Å²) in [6, 6.07) is 3.93. The molecular weight excluding hydrogens is 214 g/mol. The molecule has 1 aliphatic carbocycles. The van der Waals surface area contributed by atoms with Crippen molar-refractivity contribution in [3.05, 3.63) is 17.5 Å². The van der Waals surface area contributed by atoms with Gasteiger partial charge in [0.1, 0.15) is 0 Å². The molecule has 4 heteroatoms. The summed E-state index contributed by atoms with van der Waals surface area (Å²) in [7, 11) is -0.819. The topological polar surface area (TPSA) is 43.1 Å². The fourth-order valence-corrected chi connectivity index (χ4v) is 4.94. The molecule has 1 saturated carbocycles. The molecule has 1 fully saturated rings. The molecule has 1 aliphatic rings. The molecule has 0 spiro atoms. The first-order chi connectivity index (χ1) is 6.83. The van der Waals surface area contributed by atoms with Crippen molar-refractivity contribution in [3.63, 3.8) is 0 Å². The van der Waals surface area contributed by atoms with Crippen LogP contribution in [0.4, 0.5) is 0 Å². The lowest BCUT2D eigenvalue weighted by Gasteiger charge is -2.15. The van der Waals surface area contributed by atoms with Crippen LogP contribution >= 0.6 is 11.3 Å². The highest BCUT2D eigenvalue weighted by Crippen LogP contribution is 2.32. The van der Waals surface area contributed by atoms with Gasteiger partial charge in [0.15, 0.2) is 0 Å². The lowest BCUT2D eigenvalue weighted by molar-refractivity contribution is 0.558. The molecule has 0 saturated heterocycles. The van der Waals surface area contributed by atoms with Crippen molar-refractivity contribution < 1.29 is 4.21 Å². The molecule has 0 aromatic carbocycles. The average Bonchev–Trinajstić information content (AvgIpc) is 2.87. The van der Waals surface area contributed by atoms with Crippen LogP contribution in [0.5, 0.6) is 0 Å². The predicted molar refractivity (Wildman–Crippen MR) is 60.9 cm³/mol. The van der Waals surface area contributed by atoms with E-state index in [1.165, 1.54) is 6.42 Å². The molecule has 0 bridgehead atoms. The van der Waals surface area contributed by atoms with Gasteiger partial charge in [-0.1, -0.05) is 12.5 Å². The smallest absolute Gasteiger partial charge is 0.0913 e. The van der Waals surface area contributed by atoms with E-state index in [0.29, 0.717) is 17.7 Å². The van der Waals surface area contributed by atoms with Crippen LogP contribution in [0.1, 0.15) is 19.3 Å². The number of thiophene rings is 1. The third kappa shape index (κ3) is 1.92. The van der Waals surface area contributed by atoms with Crippen LogP contribution in [0, 0.1) is 5.92 Å². The van der Waals surface area contributed by atoms with Crippen molar-refractivity contribution >= 4 is 22.1 Å². The average molecular weight is 229 g/mol. The standard InChI is InChI=1S/C10H15NOS2/c11-7-8-3-1-4-9(8)14(12)10-5-2-6-13-10/h2,5-6,8-9H,1,3-4,7,11H2. The number of nitrogens with two attached hydrogens (primary N) is 1. The Morgan fingerprint density at radius 1 is 1.57 bits per heavy atom. The van der Waals surface area contributed by atoms with Crippen LogP contribution < -0.4 is 5.73 Å². The van der Waals surface area contributed by atoms with Crippen molar-refractivity contribution in [1.29, 1.82) is 0 Å². The third-order valence-electron chi connectivity index (χ3n) is 2.86. The largest absolute Gasteiger partial charge is 0.330 e. The van der Waals surface area contributed by atoms with E-state index in [1.54, 1.807) is 11.3 Å². The Hall–Kier alpha value is -0.190. The molecule has 2 N–H and O–H groups in total. The third-order valence-corrected chi connectivity index (χ3v) is 6.01. The summed E-state index contributed by atoms with van der Waals surface area (Å²) < 4.78 is 13.2. The molecule has 1 aromatic rings. The van der Waals surface area contributed by atoms with E-state index < -0.39 is 10.8 Å². The Morgan fingerprint density at radius 3 is 3.07 bits per heavy atom. The van der Waals surface area contributed by atoms with Crippen molar-refractivity contribution in [1.82, 2.24) is 0 Å². The summed E-state index contributed by atoms with van der Waals surface area (Å²) in [5.74, 6) is 0.470. The Labute approximate surface area is 91.0 Å². The molecular formula is C10H15NOS2. The van der Waals surface area contributed by atoms with E-state index in [0.717, 1.165) is 17.1 Å². The van der Waals surface area contributed by atoms with Crippen molar-refractivity contribution in [2.45, 2.75) is 28.7 Å². The van der Waals surface area contributed by atoms with Gasteiger partial charge in [0, 0.05) is 5.25 Å². The SMILES string of the molecule is NCC1CCCC1S(=O)c1cccs1. The molecule has 14 heavy (non-hydrogen) atoms. The molecule has 2 rings (SSSR count). The second kappa shape index (κ2) is 4.55. The maximum Gasteiger partial charge on any atom is 0.0913 e. The van der Waals surface area contributed by atoms with Gasteiger partial charge in [0.05, 0.1) is 15.0 Å². The van der Waals surface area contributed by atoms with Crippen LogP contribution in [-0.2, 0) is 10.8 Å². The monoisotopic (exact) mass is 229 g/mol. The summed E-state index contributed by atoms with van der Waals surface area (Å²) in [6.07, 6.45) is 3.41. The van der Waals surface area contributed by atoms with Crippen molar-refractivity contribution in [3.8, 4) is 0 Å². The summed E-state index contributed by atoms with van der Waals surface area (Å²) >= 11 is 1.59. The van der Waals surface area contributed by atoms with Gasteiger partial charge < -0.3 is 5.73 Å². The molecule has 1 aromatic heterocycles. The second-order valence-electron chi connectivity index (χ2n) is 3.69. The van der Waals surface area contributed by atoms with E-state index in [9.17, 15) is 4.21 Å². The Bertz CT molecular complexity index is 310. The fraction of sp³-hybridized carbons (Fsp3) is 0.600. The quantitative estimate of drug-likeness (QED) is 0.861. The van der Waals surface area contributed by atoms with Crippen LogP contribution in [0.15, 0.2) is 21.7 Å². The van der Waals surface area contributed by atoms with Crippen LogP contribution in [0.25, 0.3) is 0 Å². The highest BCUT2D eigenvalue weighted by atomic mass is 32.2. The van der Waals surface area contributed by atoms with Gasteiger partial charge in [-0.15, -0.1) is 11.3 Å². The molecule has 0 radical (unpaired) electrons. The number of hydrogen-bond donors (Lipinski definition) is 1. The van der Waals surface area contributed by atoms with Crippen LogP contribution in [-0.4, -0.2) is 16.0 Å². The Morgan fingerprint density at radius 2 is 2.43 bits per heavy atom. The molecule has 2 nitrogen and oxygen atoms in total. The first-order valence-corrected chi connectivity index (χ1v) is 7.06. The number of hydrogen-bond acceptors (Lipinski definition) is 3. The predicted octanol–water partition coefficient (Wildman–Crippen LogP) is 1.98. The highest BCUT2D eigenvalue weighted by Gasteiger charge is 2.31. The summed E-state index contributed by atoms with van der Waals surface area (Å²) in [6.45, 7) is 0.682. The Kier molecular flexibility index (Phi) is 3.36. The molecule has 3 atom stereocenters. The minimum absolute atomic E-state index is 0.304. The van der Waals surface area contributed by atoms with E-state index in [2.05, 4.69) is 0 Å². The first kappa shape index (κ1) is 10.3. The minimum atomic E-state index is -0.819. The first-order valence-electron chi connectivity index (χ1n) is 4.97. The maximum atomic E-state index is 12.1. The van der Waals surface area contributed by atoms with Gasteiger partial charge in [-0.3, -0.25) is 4.21 Å². The molecule has 0 amide bonds. The maximum absolute atomic E-state index is 12.1. The Balaban J connectivity index is 2.11. The number of rotatable bonds is 3. The van der Waals surface area contributed by atoms with E-state index in [-0.39, 0.29) is 0 Å². The van der Waals surface area contributed by atoms with Gasteiger partial charge in [0.25, 0.3) is 0 Å². The van der Waals surface area contributed by atoms with E-state index in [4.69, 9.17) is 5.73 Å². The van der Waals surface area contributed by atoms with Gasteiger partial charge in [-0.2, -0.15) is 0 Å². The normalized spacial score (nSPS) is 29.2. The summed E-state index contributed by atoms with van der Waals surface area (Å²) in [4.78, 5) is 0. The van der Waals surface area contributed by atoms with Crippen LogP contribution in [0.3, 0.4) is 0 Å². The van der Waals surface area contributed by atoms with Gasteiger partial charge >= 0.3 is 0 Å². The van der Waals surface area contributed by atoms with Crippen molar-refractivity contribution in [2.24, 2.45) is 11.7 Å².